The van der Waals surface area contributed by atoms with Gasteiger partial charge in [0.1, 0.15) is 0 Å². The number of primary amides is 1. The minimum atomic E-state index is -0.123. The molecule has 1 aliphatic rings. The zero-order valence-electron chi connectivity index (χ0n) is 5.30. The topological polar surface area (TPSA) is 43.1 Å². The molecule has 1 amide bonds. The van der Waals surface area contributed by atoms with Crippen LogP contribution in [0.1, 0.15) is 12.8 Å². The van der Waals surface area contributed by atoms with Crippen molar-refractivity contribution < 1.29 is 4.79 Å². The zero-order valence-corrected chi connectivity index (χ0v) is 6.12. The van der Waals surface area contributed by atoms with Gasteiger partial charge in [-0.2, -0.15) is 11.8 Å². The molecule has 1 rings (SSSR count). The fourth-order valence-corrected chi connectivity index (χ4v) is 2.12. The number of carbonyl (C=O) groups is 1. The van der Waals surface area contributed by atoms with Gasteiger partial charge in [0.2, 0.25) is 5.91 Å². The molecule has 0 aromatic carbocycles. The van der Waals surface area contributed by atoms with E-state index in [4.69, 9.17) is 5.73 Å². The Morgan fingerprint density at radius 1 is 1.67 bits per heavy atom. The molecule has 52 valence electrons. The Kier molecular flexibility index (Phi) is 2.39. The molecule has 9 heavy (non-hydrogen) atoms. The van der Waals surface area contributed by atoms with Gasteiger partial charge in [-0.25, -0.2) is 0 Å². The molecular weight excluding hydrogens is 134 g/mol. The second kappa shape index (κ2) is 3.11. The van der Waals surface area contributed by atoms with Crippen LogP contribution in [0.4, 0.5) is 0 Å². The summed E-state index contributed by atoms with van der Waals surface area (Å²) >= 11 is 1.83. The van der Waals surface area contributed by atoms with Gasteiger partial charge in [-0.15, -0.1) is 0 Å². The molecule has 0 radical (unpaired) electrons. The predicted molar refractivity (Wildman–Crippen MR) is 39.2 cm³/mol. The van der Waals surface area contributed by atoms with Crippen molar-refractivity contribution in [1.29, 1.82) is 0 Å². The van der Waals surface area contributed by atoms with Crippen LogP contribution in [0.15, 0.2) is 0 Å². The maximum atomic E-state index is 10.6. The number of rotatable bonds is 1. The van der Waals surface area contributed by atoms with Crippen molar-refractivity contribution >= 4 is 17.7 Å². The van der Waals surface area contributed by atoms with Gasteiger partial charge in [0.15, 0.2) is 0 Å². The molecule has 1 saturated heterocycles. The molecule has 1 fully saturated rings. The van der Waals surface area contributed by atoms with E-state index < -0.39 is 0 Å². The fraction of sp³-hybridized carbons (Fsp3) is 0.833. The minimum Gasteiger partial charge on any atom is -0.369 e. The van der Waals surface area contributed by atoms with Crippen molar-refractivity contribution in [3.8, 4) is 0 Å². The molecule has 1 heterocycles. The van der Waals surface area contributed by atoms with E-state index in [0.29, 0.717) is 0 Å². The second-order valence-corrected chi connectivity index (χ2v) is 3.47. The normalized spacial score (nSPS) is 27.8. The monoisotopic (exact) mass is 145 g/mol. The standard InChI is InChI=1S/C6H11NOS/c7-6(8)5-2-1-3-9-4-5/h5H,1-4H2,(H2,7,8). The highest BCUT2D eigenvalue weighted by Crippen LogP contribution is 2.21. The maximum Gasteiger partial charge on any atom is 0.221 e. The summed E-state index contributed by atoms with van der Waals surface area (Å²) in [6, 6.07) is 0. The van der Waals surface area contributed by atoms with Gasteiger partial charge in [-0.05, 0) is 18.6 Å². The summed E-state index contributed by atoms with van der Waals surface area (Å²) in [5.74, 6) is 2.17. The lowest BCUT2D eigenvalue weighted by atomic mass is 10.1. The van der Waals surface area contributed by atoms with E-state index in [-0.39, 0.29) is 11.8 Å². The minimum absolute atomic E-state index is 0.123. The highest BCUT2D eigenvalue weighted by molar-refractivity contribution is 7.99. The van der Waals surface area contributed by atoms with Crippen LogP contribution in [-0.2, 0) is 4.79 Å². The highest BCUT2D eigenvalue weighted by Gasteiger charge is 2.17. The summed E-state index contributed by atoms with van der Waals surface area (Å²) < 4.78 is 0. The number of hydrogen-bond donors (Lipinski definition) is 1. The fourth-order valence-electron chi connectivity index (χ4n) is 0.965. The molecule has 1 unspecified atom stereocenters. The first kappa shape index (κ1) is 6.93. The highest BCUT2D eigenvalue weighted by atomic mass is 32.2. The molecule has 2 nitrogen and oxygen atoms in total. The number of thioether (sulfide) groups is 1. The Morgan fingerprint density at radius 3 is 2.78 bits per heavy atom. The third-order valence-electron chi connectivity index (χ3n) is 1.56. The van der Waals surface area contributed by atoms with Crippen molar-refractivity contribution in [3.05, 3.63) is 0 Å². The largest absolute Gasteiger partial charge is 0.369 e. The van der Waals surface area contributed by atoms with Crippen molar-refractivity contribution in [2.45, 2.75) is 12.8 Å². The van der Waals surface area contributed by atoms with Crippen LogP contribution in [0.3, 0.4) is 0 Å². The lowest BCUT2D eigenvalue weighted by Gasteiger charge is -2.17. The Hall–Kier alpha value is -0.180. The van der Waals surface area contributed by atoms with E-state index in [9.17, 15) is 4.79 Å². The summed E-state index contributed by atoms with van der Waals surface area (Å²) in [6.07, 6.45) is 2.15. The molecular formula is C6H11NOS. The number of carbonyl (C=O) groups excluding carboxylic acids is 1. The molecule has 3 heteroatoms. The lowest BCUT2D eigenvalue weighted by Crippen LogP contribution is -2.27. The van der Waals surface area contributed by atoms with Gasteiger partial charge in [0.05, 0.1) is 0 Å². The molecule has 0 spiro atoms. The first-order chi connectivity index (χ1) is 4.30. The van der Waals surface area contributed by atoms with Crippen molar-refractivity contribution in [2.24, 2.45) is 11.7 Å². The number of nitrogens with two attached hydrogens (primary N) is 1. The molecule has 0 bridgehead atoms. The summed E-state index contributed by atoms with van der Waals surface area (Å²) in [5, 5.41) is 0. The summed E-state index contributed by atoms with van der Waals surface area (Å²) in [7, 11) is 0. The third kappa shape index (κ3) is 1.90. The van der Waals surface area contributed by atoms with Gasteiger partial charge < -0.3 is 5.73 Å². The summed E-state index contributed by atoms with van der Waals surface area (Å²) in [4.78, 5) is 10.6. The quantitative estimate of drug-likeness (QED) is 0.587. The van der Waals surface area contributed by atoms with Gasteiger partial charge in [-0.1, -0.05) is 0 Å². The van der Waals surface area contributed by atoms with E-state index >= 15 is 0 Å². The Morgan fingerprint density at radius 2 is 2.44 bits per heavy atom. The first-order valence-corrected chi connectivity index (χ1v) is 4.33. The maximum absolute atomic E-state index is 10.6. The van der Waals surface area contributed by atoms with E-state index in [1.807, 2.05) is 11.8 Å². The van der Waals surface area contributed by atoms with Crippen LogP contribution < -0.4 is 5.73 Å². The first-order valence-electron chi connectivity index (χ1n) is 3.18. The van der Waals surface area contributed by atoms with E-state index in [1.165, 1.54) is 5.75 Å². The van der Waals surface area contributed by atoms with E-state index in [1.54, 1.807) is 0 Å². The average Bonchev–Trinajstić information content (AvgIpc) is 1.90. The van der Waals surface area contributed by atoms with Crippen molar-refractivity contribution in [1.82, 2.24) is 0 Å². The molecule has 0 aromatic rings. The zero-order chi connectivity index (χ0) is 6.69. The van der Waals surface area contributed by atoms with Crippen molar-refractivity contribution in [3.63, 3.8) is 0 Å². The van der Waals surface area contributed by atoms with Gasteiger partial charge in [0.25, 0.3) is 0 Å². The average molecular weight is 145 g/mol. The molecule has 0 saturated carbocycles. The van der Waals surface area contributed by atoms with Crippen LogP contribution in [-0.4, -0.2) is 17.4 Å². The predicted octanol–water partition coefficient (Wildman–Crippen LogP) is 0.615. The summed E-state index contributed by atoms with van der Waals surface area (Å²) in [5.41, 5.74) is 5.11. The molecule has 0 aliphatic carbocycles. The van der Waals surface area contributed by atoms with Crippen LogP contribution in [0.5, 0.6) is 0 Å². The Balaban J connectivity index is 2.31. The molecule has 1 aliphatic heterocycles. The van der Waals surface area contributed by atoms with Crippen LogP contribution >= 0.6 is 11.8 Å². The van der Waals surface area contributed by atoms with Crippen LogP contribution in [0, 0.1) is 5.92 Å². The second-order valence-electron chi connectivity index (χ2n) is 2.32. The third-order valence-corrected chi connectivity index (χ3v) is 2.78. The van der Waals surface area contributed by atoms with Crippen LogP contribution in [0.2, 0.25) is 0 Å². The number of hydrogen-bond acceptors (Lipinski definition) is 2. The van der Waals surface area contributed by atoms with Gasteiger partial charge in [0, 0.05) is 11.7 Å². The van der Waals surface area contributed by atoms with Crippen molar-refractivity contribution in [2.75, 3.05) is 11.5 Å². The molecule has 2 N–H and O–H groups in total. The summed E-state index contributed by atoms with van der Waals surface area (Å²) in [6.45, 7) is 0. The van der Waals surface area contributed by atoms with E-state index in [0.717, 1.165) is 18.6 Å². The Bertz CT molecular complexity index is 110. The van der Waals surface area contributed by atoms with Crippen LogP contribution in [0.25, 0.3) is 0 Å². The smallest absolute Gasteiger partial charge is 0.221 e. The van der Waals surface area contributed by atoms with Gasteiger partial charge >= 0.3 is 0 Å². The van der Waals surface area contributed by atoms with E-state index in [2.05, 4.69) is 0 Å². The molecule has 0 aromatic heterocycles. The molecule has 1 atom stereocenters. The SMILES string of the molecule is NC(=O)C1CCCSC1. The number of amides is 1. The Labute approximate surface area is 59.2 Å². The van der Waals surface area contributed by atoms with Gasteiger partial charge in [-0.3, -0.25) is 4.79 Å². The lowest BCUT2D eigenvalue weighted by molar-refractivity contribution is -0.121.